The summed E-state index contributed by atoms with van der Waals surface area (Å²) < 4.78 is 0. The summed E-state index contributed by atoms with van der Waals surface area (Å²) in [5, 5.41) is 3.64. The number of aryl methyl sites for hydroxylation is 1. The van der Waals surface area contributed by atoms with Crippen molar-refractivity contribution in [2.45, 2.75) is 31.8 Å². The van der Waals surface area contributed by atoms with E-state index in [1.165, 1.54) is 11.1 Å². The Morgan fingerprint density at radius 1 is 1.11 bits per heavy atom. The van der Waals surface area contributed by atoms with Crippen molar-refractivity contribution in [2.75, 3.05) is 11.9 Å². The molecule has 1 unspecified atom stereocenters. The SMILES string of the molecule is O=C(c1cccnc1)N1CCc2c(ncnc2NC2CCc3ccccc32)C1. The second kappa shape index (κ2) is 7.03. The molecule has 6 heteroatoms. The summed E-state index contributed by atoms with van der Waals surface area (Å²) in [5.41, 5.74) is 5.44. The monoisotopic (exact) mass is 371 g/mol. The maximum atomic E-state index is 12.7. The van der Waals surface area contributed by atoms with Gasteiger partial charge in [0.15, 0.2) is 0 Å². The lowest BCUT2D eigenvalue weighted by atomic mass is 10.0. The largest absolute Gasteiger partial charge is 0.363 e. The van der Waals surface area contributed by atoms with Crippen LogP contribution in [0.5, 0.6) is 0 Å². The first-order valence-electron chi connectivity index (χ1n) is 9.66. The summed E-state index contributed by atoms with van der Waals surface area (Å²) in [6.45, 7) is 1.16. The molecule has 1 aliphatic heterocycles. The molecule has 0 bridgehead atoms. The number of anilines is 1. The maximum absolute atomic E-state index is 12.7. The fraction of sp³-hybridized carbons (Fsp3) is 0.273. The fourth-order valence-corrected chi connectivity index (χ4v) is 4.20. The molecule has 2 aliphatic rings. The number of benzene rings is 1. The zero-order valence-corrected chi connectivity index (χ0v) is 15.5. The van der Waals surface area contributed by atoms with Gasteiger partial charge in [-0.2, -0.15) is 0 Å². The molecule has 1 N–H and O–H groups in total. The molecule has 3 aromatic rings. The van der Waals surface area contributed by atoms with Crippen molar-refractivity contribution >= 4 is 11.7 Å². The van der Waals surface area contributed by atoms with E-state index in [0.717, 1.165) is 36.3 Å². The van der Waals surface area contributed by atoms with Crippen LogP contribution in [0.3, 0.4) is 0 Å². The highest BCUT2D eigenvalue weighted by Gasteiger charge is 2.27. The molecule has 5 rings (SSSR count). The van der Waals surface area contributed by atoms with E-state index in [9.17, 15) is 4.79 Å². The average molecular weight is 371 g/mol. The summed E-state index contributed by atoms with van der Waals surface area (Å²) in [4.78, 5) is 27.6. The Balaban J connectivity index is 1.37. The van der Waals surface area contributed by atoms with Gasteiger partial charge in [0.05, 0.1) is 23.8 Å². The Morgan fingerprint density at radius 3 is 2.93 bits per heavy atom. The highest BCUT2D eigenvalue weighted by Crippen LogP contribution is 2.35. The summed E-state index contributed by atoms with van der Waals surface area (Å²) in [5.74, 6) is 0.900. The van der Waals surface area contributed by atoms with Gasteiger partial charge in [0.2, 0.25) is 0 Å². The number of rotatable bonds is 3. The van der Waals surface area contributed by atoms with Gasteiger partial charge in [-0.15, -0.1) is 0 Å². The van der Waals surface area contributed by atoms with Gasteiger partial charge in [0, 0.05) is 24.5 Å². The third kappa shape index (κ3) is 3.01. The molecule has 6 nitrogen and oxygen atoms in total. The fourth-order valence-electron chi connectivity index (χ4n) is 4.20. The third-order valence-electron chi connectivity index (χ3n) is 5.65. The van der Waals surface area contributed by atoms with E-state index in [1.54, 1.807) is 30.9 Å². The van der Waals surface area contributed by atoms with Gasteiger partial charge in [-0.3, -0.25) is 9.78 Å². The van der Waals surface area contributed by atoms with Gasteiger partial charge in [0.25, 0.3) is 5.91 Å². The van der Waals surface area contributed by atoms with Crippen molar-refractivity contribution in [3.63, 3.8) is 0 Å². The molecule has 28 heavy (non-hydrogen) atoms. The first kappa shape index (κ1) is 16.9. The van der Waals surface area contributed by atoms with Crippen molar-refractivity contribution < 1.29 is 4.79 Å². The van der Waals surface area contributed by atoms with E-state index in [-0.39, 0.29) is 11.9 Å². The van der Waals surface area contributed by atoms with E-state index in [0.29, 0.717) is 18.7 Å². The van der Waals surface area contributed by atoms with Gasteiger partial charge in [-0.05, 0) is 42.5 Å². The summed E-state index contributed by atoms with van der Waals surface area (Å²) in [6, 6.07) is 12.5. The molecule has 1 aliphatic carbocycles. The van der Waals surface area contributed by atoms with Crippen molar-refractivity contribution in [1.29, 1.82) is 0 Å². The molecule has 3 heterocycles. The van der Waals surface area contributed by atoms with Gasteiger partial charge in [-0.1, -0.05) is 24.3 Å². The van der Waals surface area contributed by atoms with Crippen LogP contribution in [0.25, 0.3) is 0 Å². The quantitative estimate of drug-likeness (QED) is 0.766. The lowest BCUT2D eigenvalue weighted by Gasteiger charge is -2.29. The number of aromatic nitrogens is 3. The maximum Gasteiger partial charge on any atom is 0.255 e. The minimum absolute atomic E-state index is 0.00316. The highest BCUT2D eigenvalue weighted by atomic mass is 16.2. The van der Waals surface area contributed by atoms with E-state index >= 15 is 0 Å². The first-order valence-corrected chi connectivity index (χ1v) is 9.66. The number of carbonyl (C=O) groups is 1. The number of hydrogen-bond acceptors (Lipinski definition) is 5. The smallest absolute Gasteiger partial charge is 0.255 e. The van der Waals surface area contributed by atoms with Crippen LogP contribution in [-0.2, 0) is 19.4 Å². The molecule has 140 valence electrons. The Bertz CT molecular complexity index is 1020. The van der Waals surface area contributed by atoms with Crippen LogP contribution in [-0.4, -0.2) is 32.3 Å². The van der Waals surface area contributed by atoms with Crippen molar-refractivity contribution in [3.05, 3.63) is 83.1 Å². The van der Waals surface area contributed by atoms with Crippen molar-refractivity contribution in [1.82, 2.24) is 19.9 Å². The van der Waals surface area contributed by atoms with Crippen molar-refractivity contribution in [2.24, 2.45) is 0 Å². The predicted molar refractivity (Wildman–Crippen MR) is 106 cm³/mol. The molecule has 0 radical (unpaired) electrons. The zero-order chi connectivity index (χ0) is 18.9. The van der Waals surface area contributed by atoms with Crippen LogP contribution in [0.15, 0.2) is 55.1 Å². The molecule has 0 saturated heterocycles. The number of hydrogen-bond donors (Lipinski definition) is 1. The summed E-state index contributed by atoms with van der Waals surface area (Å²) in [6.07, 6.45) is 7.80. The summed E-state index contributed by atoms with van der Waals surface area (Å²) >= 11 is 0. The van der Waals surface area contributed by atoms with E-state index in [4.69, 9.17) is 0 Å². The number of pyridine rings is 1. The molecule has 1 amide bonds. The summed E-state index contributed by atoms with van der Waals surface area (Å²) in [7, 11) is 0. The minimum atomic E-state index is -0.00316. The molecular formula is C22H21N5O. The zero-order valence-electron chi connectivity index (χ0n) is 15.5. The normalized spacial score (nSPS) is 17.7. The topological polar surface area (TPSA) is 71.0 Å². The molecule has 1 atom stereocenters. The highest BCUT2D eigenvalue weighted by molar-refractivity contribution is 5.94. The van der Waals surface area contributed by atoms with Crippen LogP contribution < -0.4 is 5.32 Å². The van der Waals surface area contributed by atoms with Crippen LogP contribution in [0.4, 0.5) is 5.82 Å². The number of nitrogens with one attached hydrogen (secondary N) is 1. The molecule has 2 aromatic heterocycles. The van der Waals surface area contributed by atoms with E-state index < -0.39 is 0 Å². The second-order valence-corrected chi connectivity index (χ2v) is 7.30. The molecular weight excluding hydrogens is 350 g/mol. The number of carbonyl (C=O) groups excluding carboxylic acids is 1. The average Bonchev–Trinajstić information content (AvgIpc) is 3.16. The molecule has 0 spiro atoms. The molecule has 0 fully saturated rings. The number of amides is 1. The van der Waals surface area contributed by atoms with Crippen LogP contribution in [0.1, 0.15) is 45.2 Å². The number of fused-ring (bicyclic) bond motifs is 2. The van der Waals surface area contributed by atoms with Crippen LogP contribution >= 0.6 is 0 Å². The number of nitrogens with zero attached hydrogens (tertiary/aromatic N) is 4. The lowest BCUT2D eigenvalue weighted by Crippen LogP contribution is -2.37. The van der Waals surface area contributed by atoms with Crippen LogP contribution in [0, 0.1) is 0 Å². The van der Waals surface area contributed by atoms with Crippen LogP contribution in [0.2, 0.25) is 0 Å². The van der Waals surface area contributed by atoms with Gasteiger partial charge in [-0.25, -0.2) is 9.97 Å². The Labute approximate surface area is 163 Å². The first-order chi connectivity index (χ1) is 13.8. The lowest BCUT2D eigenvalue weighted by molar-refractivity contribution is 0.0731. The molecule has 1 aromatic carbocycles. The molecule has 0 saturated carbocycles. The van der Waals surface area contributed by atoms with Gasteiger partial charge < -0.3 is 10.2 Å². The Hall–Kier alpha value is -3.28. The van der Waals surface area contributed by atoms with Gasteiger partial charge >= 0.3 is 0 Å². The van der Waals surface area contributed by atoms with E-state index in [2.05, 4.69) is 44.5 Å². The minimum Gasteiger partial charge on any atom is -0.363 e. The predicted octanol–water partition coefficient (Wildman–Crippen LogP) is 3.17. The van der Waals surface area contributed by atoms with Gasteiger partial charge in [0.1, 0.15) is 12.1 Å². The van der Waals surface area contributed by atoms with E-state index in [1.807, 2.05) is 4.90 Å². The van der Waals surface area contributed by atoms with Crippen molar-refractivity contribution in [3.8, 4) is 0 Å². The second-order valence-electron chi connectivity index (χ2n) is 7.30. The Morgan fingerprint density at radius 2 is 2.04 bits per heavy atom. The Kier molecular flexibility index (Phi) is 4.24. The standard InChI is InChI=1S/C22H21N5O/c28-22(16-5-3-10-23-12-16)27-11-9-18-20(13-27)24-14-25-21(18)26-19-8-7-15-4-1-2-6-17(15)19/h1-6,10,12,14,19H,7-9,11,13H2,(H,24,25,26). The third-order valence-corrected chi connectivity index (χ3v) is 5.65.